The van der Waals surface area contributed by atoms with Gasteiger partial charge in [0.05, 0.1) is 74.2 Å². The number of rotatable bonds is 27. The third-order valence-electron chi connectivity index (χ3n) is 16.7. The van der Waals surface area contributed by atoms with Crippen LogP contribution < -0.4 is 14.8 Å². The lowest BCUT2D eigenvalue weighted by molar-refractivity contribution is -0.157. The molecule has 2 unspecified atom stereocenters. The summed E-state index contributed by atoms with van der Waals surface area (Å²) < 4.78 is 116. The number of halogens is 1. The molecule has 3 fully saturated rings. The van der Waals surface area contributed by atoms with Crippen molar-refractivity contribution in [2.24, 2.45) is 59.2 Å². The number of piperidine rings is 1. The third-order valence-corrected chi connectivity index (χ3v) is 19.6. The topological polar surface area (TPSA) is 334 Å². The Morgan fingerprint density at radius 1 is 0.500 bits per heavy atom. The Kier molecular flexibility index (Phi) is 67.1. The van der Waals surface area contributed by atoms with Crippen molar-refractivity contribution in [3.05, 3.63) is 132 Å². The van der Waals surface area contributed by atoms with Crippen LogP contribution in [0.2, 0.25) is 0 Å². The van der Waals surface area contributed by atoms with Gasteiger partial charge in [-0.25, -0.2) is 25.5 Å². The lowest BCUT2D eigenvalue weighted by Crippen LogP contribution is -2.42. The molecule has 120 heavy (non-hydrogen) atoms. The van der Waals surface area contributed by atoms with Gasteiger partial charge >= 0.3 is 23.9 Å². The molecule has 0 bridgehead atoms. The van der Waals surface area contributed by atoms with Gasteiger partial charge in [-0.3, -0.25) is 47.3 Å². The molecular formula is C91H155FN4O21S3. The molecule has 7 rings (SSSR count). The van der Waals surface area contributed by atoms with Crippen LogP contribution >= 0.6 is 0 Å². The van der Waals surface area contributed by atoms with Crippen molar-refractivity contribution >= 4 is 77.7 Å². The Bertz CT molecular complexity index is 3780. The van der Waals surface area contributed by atoms with Crippen LogP contribution in [-0.2, 0) is 116 Å². The molecule has 1 aliphatic heterocycles. The van der Waals surface area contributed by atoms with E-state index < -0.39 is 53.7 Å². The molecule has 1 saturated heterocycles. The standard InChI is InChI=1S/C16H23NO2.C12H16O3.C11H14FNO3S.C11H14O2.C9H17NO.C8H14O2.C7H14O2.C5H11NO3S.C5H12O3S.C5H12.2CH4/c1-12(2)16(18)17-14-9-6-10-15(14)19-11-13-7-4-3-5-8-13;1-9(2)12(13)15-8-10-4-6-11(14-3)7-5-10;1-8(2)11(14)13(3)17(15,16)10-6-4-9(12)5-7-10;1-9(2)11(12)13-8-10-6-4-3-5-7-10;1-8(2)9(11)10-6-4-3-5-7-10;1-6(2)8(9)10-7-4-3-5-7;1-4-9-7(8)5-6(2)3;1-4(2)5(7)6-10(3,8)9;1-5(2)4-8-9(3,6)7;1-4-5(2)3;;/h3-5,7-8,12,14-15H,6,9-11H2,1-2H3,(H,17,18);4-7,9H,8H2,1-3H3;4-8H,1-3H3;3-7,9H,8H2,1-2H3;8H,3-7H2,1-2H3;6-7H,3-5H2,1-2H3;6H,4-5H2,1-3H3;4H,1-3H3,(H,6,7);5H,4H2,1-3H3;5H,4H2,1-3H3;2*1H4. The highest BCUT2D eigenvalue weighted by atomic mass is 32.2. The molecule has 0 radical (unpaired) electrons. The van der Waals surface area contributed by atoms with Gasteiger partial charge in [-0.1, -0.05) is 239 Å². The molecule has 29 heteroatoms. The largest absolute Gasteiger partial charge is 0.497 e. The number of carbonyl (C=O) groups excluding carboxylic acids is 8. The Hall–Kier alpha value is -7.86. The Labute approximate surface area is 723 Å². The summed E-state index contributed by atoms with van der Waals surface area (Å²) >= 11 is 0. The Morgan fingerprint density at radius 2 is 0.942 bits per heavy atom. The average Bonchev–Trinajstić information content (AvgIpc) is 0.939. The number of ether oxygens (including phenoxy) is 6. The van der Waals surface area contributed by atoms with Crippen LogP contribution in [0.15, 0.2) is 114 Å². The molecule has 4 aromatic rings. The van der Waals surface area contributed by atoms with Crippen molar-refractivity contribution in [2.45, 2.75) is 281 Å². The minimum Gasteiger partial charge on any atom is -0.497 e. The molecule has 0 aromatic heterocycles. The number of nitrogens with one attached hydrogen (secondary N) is 2. The van der Waals surface area contributed by atoms with Crippen molar-refractivity contribution in [2.75, 3.05) is 53.0 Å². The van der Waals surface area contributed by atoms with Gasteiger partial charge in [-0.15, -0.1) is 0 Å². The minimum atomic E-state index is -3.88. The normalized spacial score (nSPS) is 13.9. The van der Waals surface area contributed by atoms with Gasteiger partial charge in [0.2, 0.25) is 33.7 Å². The summed E-state index contributed by atoms with van der Waals surface area (Å²) in [5.41, 5.74) is 3.17. The van der Waals surface area contributed by atoms with Crippen molar-refractivity contribution in [1.82, 2.24) is 19.2 Å². The van der Waals surface area contributed by atoms with E-state index in [1.165, 1.54) is 44.7 Å². The highest BCUT2D eigenvalue weighted by Crippen LogP contribution is 2.25. The molecule has 4 amide bonds. The first-order valence-electron chi connectivity index (χ1n) is 41.1. The first kappa shape index (κ1) is 121. The van der Waals surface area contributed by atoms with Gasteiger partial charge in [-0.2, -0.15) is 8.42 Å². The van der Waals surface area contributed by atoms with Gasteiger partial charge < -0.3 is 38.6 Å². The fourth-order valence-electron chi connectivity index (χ4n) is 8.98. The summed E-state index contributed by atoms with van der Waals surface area (Å²) in [7, 11) is -7.66. The Morgan fingerprint density at radius 3 is 1.28 bits per heavy atom. The fourth-order valence-corrected chi connectivity index (χ4v) is 11.3. The maximum atomic E-state index is 12.7. The molecule has 2 saturated carbocycles. The van der Waals surface area contributed by atoms with Crippen LogP contribution in [0, 0.1) is 65.0 Å². The summed E-state index contributed by atoms with van der Waals surface area (Å²) in [6.07, 6.45) is 14.5. The number of amides is 4. The summed E-state index contributed by atoms with van der Waals surface area (Å²) in [4.78, 5) is 91.2. The first-order valence-corrected chi connectivity index (χ1v) is 46.3. The number of benzene rings is 4. The van der Waals surface area contributed by atoms with Crippen molar-refractivity contribution in [1.29, 1.82) is 0 Å². The van der Waals surface area contributed by atoms with Crippen LogP contribution in [0.1, 0.15) is 254 Å². The van der Waals surface area contributed by atoms with Gasteiger partial charge in [0.1, 0.15) is 30.9 Å². The van der Waals surface area contributed by atoms with Crippen LogP contribution in [0.4, 0.5) is 4.39 Å². The highest BCUT2D eigenvalue weighted by molar-refractivity contribution is 7.89. The highest BCUT2D eigenvalue weighted by Gasteiger charge is 2.31. The van der Waals surface area contributed by atoms with Crippen LogP contribution in [0.25, 0.3) is 0 Å². The van der Waals surface area contributed by atoms with E-state index in [1.54, 1.807) is 34.8 Å². The number of carbonyl (C=O) groups is 8. The van der Waals surface area contributed by atoms with Crippen molar-refractivity contribution < 1.29 is 101 Å². The maximum Gasteiger partial charge on any atom is 0.308 e. The summed E-state index contributed by atoms with van der Waals surface area (Å²) in [6, 6.07) is 31.8. The number of esters is 4. The quantitative estimate of drug-likeness (QED) is 0.0318. The van der Waals surface area contributed by atoms with Crippen LogP contribution in [0.5, 0.6) is 5.75 Å². The van der Waals surface area contributed by atoms with Crippen molar-refractivity contribution in [3.63, 3.8) is 0 Å². The van der Waals surface area contributed by atoms with E-state index in [4.69, 9.17) is 28.4 Å². The van der Waals surface area contributed by atoms with E-state index in [0.29, 0.717) is 49.0 Å². The monoisotopic (exact) mass is 1760 g/mol. The molecule has 4 aromatic carbocycles. The molecule has 690 valence electrons. The predicted octanol–water partition coefficient (Wildman–Crippen LogP) is 18.0. The molecule has 25 nitrogen and oxygen atoms in total. The molecule has 0 spiro atoms. The number of likely N-dealkylation sites (tertiary alicyclic amines) is 1. The number of hydrogen-bond donors (Lipinski definition) is 2. The number of hydrogen-bond acceptors (Lipinski definition) is 21. The molecule has 3 aliphatic rings. The van der Waals surface area contributed by atoms with Gasteiger partial charge in [0, 0.05) is 50.2 Å². The molecule has 1 heterocycles. The Balaban J connectivity index is -0.000000414. The van der Waals surface area contributed by atoms with Gasteiger partial charge in [0.25, 0.3) is 20.1 Å². The predicted molar refractivity (Wildman–Crippen MR) is 478 cm³/mol. The molecule has 2 N–H and O–H groups in total. The van der Waals surface area contributed by atoms with E-state index in [-0.39, 0.29) is 116 Å². The zero-order chi connectivity index (χ0) is 91.1. The van der Waals surface area contributed by atoms with Gasteiger partial charge in [0.15, 0.2) is 0 Å². The first-order chi connectivity index (χ1) is 54.8. The van der Waals surface area contributed by atoms with Crippen LogP contribution in [0.3, 0.4) is 0 Å². The third kappa shape index (κ3) is 62.3. The van der Waals surface area contributed by atoms with E-state index in [1.807, 2.05) is 186 Å². The second-order valence-electron chi connectivity index (χ2n) is 32.0. The smallest absolute Gasteiger partial charge is 0.308 e. The number of nitrogens with zero attached hydrogens (tertiary/aromatic N) is 2. The zero-order valence-corrected chi connectivity index (χ0v) is 78.1. The second kappa shape index (κ2) is 66.7. The number of sulfonamides is 2. The van der Waals surface area contributed by atoms with E-state index >= 15 is 0 Å². The summed E-state index contributed by atoms with van der Waals surface area (Å²) in [5.74, 6) is 0.226. The minimum absolute atomic E-state index is 0. The summed E-state index contributed by atoms with van der Waals surface area (Å²) in [5, 5.41) is 3.10. The molecular weight excluding hydrogens is 1600 g/mol. The summed E-state index contributed by atoms with van der Waals surface area (Å²) in [6.45, 7) is 45.6. The SMILES string of the molecule is C.C.CC(C)C(=O)N(C)S(=O)(=O)c1ccc(F)cc1.CC(C)C(=O)N1CCCCC1.CC(C)C(=O)NC1CCCC1OCc1ccccc1.CC(C)C(=O)NS(C)(=O)=O.CC(C)C(=O)OC1CCC1.CC(C)C(=O)OCc1ccccc1.CC(C)COS(C)(=O)=O.CCC(C)C.CCOC(=O)CC(C)C.COc1ccc(COC(=O)C(C)C)cc1. The fraction of sp³-hybridized carbons (Fsp3) is 0.648. The van der Waals surface area contributed by atoms with Gasteiger partial charge in [-0.05, 0) is 136 Å². The zero-order valence-electron chi connectivity index (χ0n) is 75.7. The second-order valence-corrected chi connectivity index (χ2v) is 37.3. The molecule has 2 atom stereocenters. The molecule has 2 aliphatic carbocycles. The van der Waals surface area contributed by atoms with E-state index in [2.05, 4.69) is 42.4 Å². The lowest BCUT2D eigenvalue weighted by atomic mass is 9.96. The van der Waals surface area contributed by atoms with Crippen LogP contribution in [-0.4, -0.2) is 153 Å². The number of methoxy groups -OCH3 is 1. The van der Waals surface area contributed by atoms with Crippen molar-refractivity contribution in [3.8, 4) is 5.75 Å². The lowest BCUT2D eigenvalue weighted by Gasteiger charge is -2.28. The van der Waals surface area contributed by atoms with E-state index in [9.17, 15) is 68.0 Å². The maximum absolute atomic E-state index is 12.7. The average molecular weight is 1760 g/mol. The van der Waals surface area contributed by atoms with E-state index in [0.717, 1.165) is 105 Å².